The number of nitrogens with zero attached hydrogens (tertiary/aromatic N) is 1. The van der Waals surface area contributed by atoms with Crippen LogP contribution in [0.2, 0.25) is 0 Å². The van der Waals surface area contributed by atoms with E-state index in [1.165, 1.54) is 0 Å². The van der Waals surface area contributed by atoms with E-state index in [0.29, 0.717) is 12.1 Å². The molecule has 0 saturated carbocycles. The molecule has 0 fully saturated rings. The lowest BCUT2D eigenvalue weighted by molar-refractivity contribution is -0.121. The molecule has 0 aliphatic rings. The van der Waals surface area contributed by atoms with Crippen LogP contribution >= 0.6 is 0 Å². The first-order valence-corrected chi connectivity index (χ1v) is 8.04. The van der Waals surface area contributed by atoms with Gasteiger partial charge in [-0.3, -0.25) is 14.5 Å². The van der Waals surface area contributed by atoms with E-state index in [1.54, 1.807) is 12.3 Å². The monoisotopic (exact) mass is 328 g/mol. The highest BCUT2D eigenvalue weighted by molar-refractivity contribution is 5.99. The zero-order valence-electron chi connectivity index (χ0n) is 14.4. The number of carbonyl (C=O) groups excluding carboxylic acids is 2. The van der Waals surface area contributed by atoms with E-state index in [4.69, 9.17) is 4.42 Å². The molecule has 0 bridgehead atoms. The normalized spacial score (nSPS) is 12.2. The second kappa shape index (κ2) is 8.45. The van der Waals surface area contributed by atoms with Crippen LogP contribution in [-0.2, 0) is 4.79 Å². The van der Waals surface area contributed by atoms with E-state index < -0.39 is 0 Å². The SMILES string of the molecule is Cc1ccccc1C(=O)CCC(=O)NCC(c1ccco1)N(C)C. The first kappa shape index (κ1) is 17.9. The van der Waals surface area contributed by atoms with Gasteiger partial charge in [0.25, 0.3) is 0 Å². The second-order valence-corrected chi connectivity index (χ2v) is 6.04. The minimum Gasteiger partial charge on any atom is -0.468 e. The molecule has 2 aromatic rings. The Morgan fingerprint density at radius 2 is 1.88 bits per heavy atom. The number of amides is 1. The van der Waals surface area contributed by atoms with E-state index in [2.05, 4.69) is 5.32 Å². The Hall–Kier alpha value is -2.40. The van der Waals surface area contributed by atoms with Crippen LogP contribution in [0.3, 0.4) is 0 Å². The van der Waals surface area contributed by atoms with Crippen molar-refractivity contribution in [2.75, 3.05) is 20.6 Å². The van der Waals surface area contributed by atoms with Gasteiger partial charge in [0.05, 0.1) is 12.3 Å². The van der Waals surface area contributed by atoms with Crippen LogP contribution in [0.4, 0.5) is 0 Å². The third kappa shape index (κ3) is 4.80. The van der Waals surface area contributed by atoms with Gasteiger partial charge < -0.3 is 9.73 Å². The molecule has 2 rings (SSSR count). The fraction of sp³-hybridized carbons (Fsp3) is 0.368. The fourth-order valence-corrected chi connectivity index (χ4v) is 2.56. The molecule has 1 aromatic carbocycles. The topological polar surface area (TPSA) is 62.6 Å². The predicted octanol–water partition coefficient (Wildman–Crippen LogP) is 2.97. The average molecular weight is 328 g/mol. The number of aryl methyl sites for hydroxylation is 1. The Labute approximate surface area is 142 Å². The molecule has 0 aliphatic carbocycles. The van der Waals surface area contributed by atoms with Gasteiger partial charge in [0.2, 0.25) is 5.91 Å². The molecule has 1 amide bonds. The van der Waals surface area contributed by atoms with Crippen molar-refractivity contribution in [3.8, 4) is 0 Å². The van der Waals surface area contributed by atoms with E-state index in [1.807, 2.05) is 56.3 Å². The molecule has 0 spiro atoms. The number of benzene rings is 1. The summed E-state index contributed by atoms with van der Waals surface area (Å²) in [6.45, 7) is 2.34. The van der Waals surface area contributed by atoms with Gasteiger partial charge in [0, 0.05) is 24.9 Å². The van der Waals surface area contributed by atoms with Gasteiger partial charge in [-0.2, -0.15) is 0 Å². The summed E-state index contributed by atoms with van der Waals surface area (Å²) in [6, 6.07) is 11.1. The Bertz CT molecular complexity index is 678. The molecule has 1 atom stereocenters. The van der Waals surface area contributed by atoms with Gasteiger partial charge in [-0.1, -0.05) is 24.3 Å². The third-order valence-corrected chi connectivity index (χ3v) is 4.01. The van der Waals surface area contributed by atoms with Crippen LogP contribution in [-0.4, -0.2) is 37.2 Å². The summed E-state index contributed by atoms with van der Waals surface area (Å²) in [7, 11) is 3.86. The molecular formula is C19H24N2O3. The number of likely N-dealkylation sites (N-methyl/N-ethyl adjacent to an activating group) is 1. The lowest BCUT2D eigenvalue weighted by Crippen LogP contribution is -2.34. The Morgan fingerprint density at radius 3 is 2.50 bits per heavy atom. The van der Waals surface area contributed by atoms with Gasteiger partial charge >= 0.3 is 0 Å². The lowest BCUT2D eigenvalue weighted by atomic mass is 10.0. The number of nitrogens with one attached hydrogen (secondary N) is 1. The maximum Gasteiger partial charge on any atom is 0.220 e. The highest BCUT2D eigenvalue weighted by atomic mass is 16.3. The van der Waals surface area contributed by atoms with Crippen LogP contribution in [0.15, 0.2) is 47.1 Å². The van der Waals surface area contributed by atoms with Crippen molar-refractivity contribution in [1.82, 2.24) is 10.2 Å². The molecule has 0 saturated heterocycles. The maximum absolute atomic E-state index is 12.2. The van der Waals surface area contributed by atoms with Crippen LogP contribution < -0.4 is 5.32 Å². The number of furan rings is 1. The Balaban J connectivity index is 1.83. The van der Waals surface area contributed by atoms with E-state index >= 15 is 0 Å². The van der Waals surface area contributed by atoms with Crippen LogP contribution in [0.25, 0.3) is 0 Å². The molecule has 24 heavy (non-hydrogen) atoms. The van der Waals surface area contributed by atoms with Crippen molar-refractivity contribution in [3.63, 3.8) is 0 Å². The van der Waals surface area contributed by atoms with E-state index in [0.717, 1.165) is 11.3 Å². The Morgan fingerprint density at radius 1 is 1.12 bits per heavy atom. The van der Waals surface area contributed by atoms with Crippen molar-refractivity contribution >= 4 is 11.7 Å². The molecule has 1 N–H and O–H groups in total. The minimum atomic E-state index is -0.129. The number of rotatable bonds is 8. The fourth-order valence-electron chi connectivity index (χ4n) is 2.56. The van der Waals surface area contributed by atoms with E-state index in [-0.39, 0.29) is 30.6 Å². The standard InChI is InChI=1S/C19H24N2O3/c1-14-7-4-5-8-15(14)17(22)10-11-19(23)20-13-16(21(2)3)18-9-6-12-24-18/h4-9,12,16H,10-11,13H2,1-3H3,(H,20,23). The first-order chi connectivity index (χ1) is 11.5. The largest absolute Gasteiger partial charge is 0.468 e. The predicted molar refractivity (Wildman–Crippen MR) is 92.9 cm³/mol. The number of ketones is 1. The van der Waals surface area contributed by atoms with Gasteiger partial charge in [0.1, 0.15) is 5.76 Å². The van der Waals surface area contributed by atoms with Crippen LogP contribution in [0, 0.1) is 6.92 Å². The minimum absolute atomic E-state index is 0.00144. The summed E-state index contributed by atoms with van der Waals surface area (Å²) in [4.78, 5) is 26.2. The average Bonchev–Trinajstić information content (AvgIpc) is 3.07. The molecule has 1 heterocycles. The highest BCUT2D eigenvalue weighted by Gasteiger charge is 2.18. The summed E-state index contributed by atoms with van der Waals surface area (Å²) < 4.78 is 5.41. The van der Waals surface area contributed by atoms with Gasteiger partial charge in [-0.15, -0.1) is 0 Å². The van der Waals surface area contributed by atoms with Crippen molar-refractivity contribution in [2.45, 2.75) is 25.8 Å². The summed E-state index contributed by atoms with van der Waals surface area (Å²) in [6.07, 6.45) is 2.02. The van der Waals surface area contributed by atoms with Gasteiger partial charge in [-0.05, 0) is 38.7 Å². The number of hydrogen-bond acceptors (Lipinski definition) is 4. The summed E-state index contributed by atoms with van der Waals surface area (Å²) >= 11 is 0. The zero-order valence-corrected chi connectivity index (χ0v) is 14.4. The second-order valence-electron chi connectivity index (χ2n) is 6.04. The van der Waals surface area contributed by atoms with Gasteiger partial charge in [-0.25, -0.2) is 0 Å². The number of Topliss-reactive ketones (excluding diaryl/α,β-unsaturated/α-hetero) is 1. The summed E-state index contributed by atoms with van der Waals surface area (Å²) in [5, 5.41) is 2.88. The van der Waals surface area contributed by atoms with E-state index in [9.17, 15) is 9.59 Å². The highest BCUT2D eigenvalue weighted by Crippen LogP contribution is 2.17. The quantitative estimate of drug-likeness (QED) is 0.757. The zero-order chi connectivity index (χ0) is 17.5. The van der Waals surface area contributed by atoms with Crippen molar-refractivity contribution in [2.24, 2.45) is 0 Å². The Kier molecular flexibility index (Phi) is 6.32. The van der Waals surface area contributed by atoms with Crippen molar-refractivity contribution < 1.29 is 14.0 Å². The molecule has 128 valence electrons. The molecule has 0 aliphatic heterocycles. The van der Waals surface area contributed by atoms with Crippen LogP contribution in [0.5, 0.6) is 0 Å². The lowest BCUT2D eigenvalue weighted by Gasteiger charge is -2.22. The number of carbonyl (C=O) groups is 2. The maximum atomic E-state index is 12.2. The molecule has 5 nitrogen and oxygen atoms in total. The molecule has 5 heteroatoms. The third-order valence-electron chi connectivity index (χ3n) is 4.01. The van der Waals surface area contributed by atoms with Crippen molar-refractivity contribution in [3.05, 3.63) is 59.5 Å². The molecule has 0 radical (unpaired) electrons. The molecule has 1 unspecified atom stereocenters. The number of hydrogen-bond donors (Lipinski definition) is 1. The first-order valence-electron chi connectivity index (χ1n) is 8.04. The van der Waals surface area contributed by atoms with Crippen LogP contribution in [0.1, 0.15) is 40.6 Å². The molecular weight excluding hydrogens is 304 g/mol. The van der Waals surface area contributed by atoms with Crippen molar-refractivity contribution in [1.29, 1.82) is 0 Å². The van der Waals surface area contributed by atoms with Gasteiger partial charge in [0.15, 0.2) is 5.78 Å². The smallest absolute Gasteiger partial charge is 0.220 e. The summed E-state index contributed by atoms with van der Waals surface area (Å²) in [5.41, 5.74) is 1.63. The molecule has 1 aromatic heterocycles. The summed E-state index contributed by atoms with van der Waals surface area (Å²) in [5.74, 6) is 0.671.